The van der Waals surface area contributed by atoms with Crippen LogP contribution in [-0.2, 0) is 0 Å². The molecule has 4 atom stereocenters. The summed E-state index contributed by atoms with van der Waals surface area (Å²) in [5, 5.41) is 11.1. The summed E-state index contributed by atoms with van der Waals surface area (Å²) in [4.78, 5) is 39.1. The van der Waals surface area contributed by atoms with E-state index < -0.39 is 12.3 Å². The number of likely N-dealkylation sites (N-methyl/N-ethyl adjacent to an activating group) is 2. The lowest BCUT2D eigenvalue weighted by atomic mass is 10.2. The lowest BCUT2D eigenvalue weighted by molar-refractivity contribution is 0.191. The molecule has 0 aliphatic carbocycles. The van der Waals surface area contributed by atoms with Gasteiger partial charge in [-0.25, -0.2) is 14.4 Å². The average Bonchev–Trinajstić information content (AvgIpc) is 2.72. The van der Waals surface area contributed by atoms with Crippen LogP contribution in [0.3, 0.4) is 0 Å². The molecule has 1 aliphatic heterocycles. The minimum absolute atomic E-state index is 0.0188. The molecular weight excluding hydrogens is 312 g/mol. The third kappa shape index (κ3) is 4.90. The fraction of sp³-hybridized carbons (Fsp3) is 0.800. The van der Waals surface area contributed by atoms with Crippen LogP contribution in [0.1, 0.15) is 40.5 Å². The van der Waals surface area contributed by atoms with Gasteiger partial charge in [0.1, 0.15) is 12.3 Å². The zero-order chi connectivity index (χ0) is 18.4. The zero-order valence-electron chi connectivity index (χ0n) is 15.3. The molecule has 0 radical (unpaired) electrons. The predicted molar refractivity (Wildman–Crippen MR) is 91.3 cm³/mol. The maximum Gasteiger partial charge on any atom is 0.323 e. The molecule has 0 aromatic rings. The molecule has 9 heteroatoms. The van der Waals surface area contributed by atoms with E-state index in [1.165, 1.54) is 9.80 Å². The third-order valence-corrected chi connectivity index (χ3v) is 4.27. The summed E-state index contributed by atoms with van der Waals surface area (Å²) in [6.07, 6.45) is 0.279. The van der Waals surface area contributed by atoms with E-state index in [0.717, 1.165) is 12.8 Å². The van der Waals surface area contributed by atoms with Gasteiger partial charge in [0.25, 0.3) is 0 Å². The second-order valence-corrected chi connectivity index (χ2v) is 6.25. The Labute approximate surface area is 143 Å². The Bertz CT molecular complexity index is 432. The number of nitrogens with zero attached hydrogens (tertiary/aromatic N) is 2. The highest BCUT2D eigenvalue weighted by atomic mass is 16.2. The first-order valence-corrected chi connectivity index (χ1v) is 8.34. The Morgan fingerprint density at radius 2 is 1.25 bits per heavy atom. The summed E-state index contributed by atoms with van der Waals surface area (Å²) < 4.78 is 0. The van der Waals surface area contributed by atoms with Gasteiger partial charge in [0.15, 0.2) is 0 Å². The Morgan fingerprint density at radius 3 is 1.54 bits per heavy atom. The molecule has 1 fully saturated rings. The number of nitrogens with one attached hydrogen (secondary N) is 4. The number of carbonyl (C=O) groups excluding carboxylic acids is 3. The summed E-state index contributed by atoms with van der Waals surface area (Å²) in [5.41, 5.74) is 0. The van der Waals surface area contributed by atoms with E-state index in [9.17, 15) is 14.4 Å². The lowest BCUT2D eigenvalue weighted by Gasteiger charge is -2.28. The van der Waals surface area contributed by atoms with E-state index >= 15 is 0 Å². The monoisotopic (exact) mass is 342 g/mol. The zero-order valence-corrected chi connectivity index (χ0v) is 15.3. The molecule has 4 N–H and O–H groups in total. The molecule has 9 nitrogen and oxygen atoms in total. The first-order valence-electron chi connectivity index (χ1n) is 8.34. The molecule has 1 saturated heterocycles. The van der Waals surface area contributed by atoms with Crippen LogP contribution in [0, 0.1) is 0 Å². The summed E-state index contributed by atoms with van der Waals surface area (Å²) >= 11 is 0. The number of urea groups is 3. The maximum atomic E-state index is 12.2. The topological polar surface area (TPSA) is 106 Å². The van der Waals surface area contributed by atoms with Gasteiger partial charge in [0, 0.05) is 26.2 Å². The van der Waals surface area contributed by atoms with Gasteiger partial charge in [0.2, 0.25) is 0 Å². The van der Waals surface area contributed by atoms with Crippen molar-refractivity contribution in [2.24, 2.45) is 0 Å². The van der Waals surface area contributed by atoms with Crippen LogP contribution in [0.2, 0.25) is 0 Å². The fourth-order valence-corrected chi connectivity index (χ4v) is 2.27. The second kappa shape index (κ2) is 8.60. The molecular formula is C15H30N6O3. The van der Waals surface area contributed by atoms with Crippen molar-refractivity contribution in [2.45, 2.75) is 65.0 Å². The minimum Gasteiger partial charge on any atom is -0.336 e. The number of hydrogen-bond acceptors (Lipinski definition) is 3. The highest BCUT2D eigenvalue weighted by Gasteiger charge is 2.43. The van der Waals surface area contributed by atoms with Gasteiger partial charge in [-0.3, -0.25) is 0 Å². The highest BCUT2D eigenvalue weighted by Crippen LogP contribution is 2.16. The van der Waals surface area contributed by atoms with Crippen molar-refractivity contribution in [2.75, 3.05) is 14.1 Å². The van der Waals surface area contributed by atoms with E-state index in [-0.39, 0.29) is 30.2 Å². The van der Waals surface area contributed by atoms with Gasteiger partial charge in [-0.2, -0.15) is 0 Å². The van der Waals surface area contributed by atoms with Gasteiger partial charge in [-0.1, -0.05) is 13.8 Å². The largest absolute Gasteiger partial charge is 0.336 e. The minimum atomic E-state index is -0.658. The van der Waals surface area contributed by atoms with E-state index in [4.69, 9.17) is 0 Å². The number of hydrogen-bond donors (Lipinski definition) is 4. The van der Waals surface area contributed by atoms with Crippen LogP contribution < -0.4 is 21.3 Å². The third-order valence-electron chi connectivity index (χ3n) is 4.27. The van der Waals surface area contributed by atoms with Crippen LogP contribution in [0.25, 0.3) is 0 Å². The Morgan fingerprint density at radius 1 is 0.917 bits per heavy atom. The van der Waals surface area contributed by atoms with Crippen LogP contribution in [-0.4, -0.2) is 66.4 Å². The van der Waals surface area contributed by atoms with Crippen LogP contribution >= 0.6 is 0 Å². The summed E-state index contributed by atoms with van der Waals surface area (Å²) in [7, 11) is 3.17. The van der Waals surface area contributed by atoms with Gasteiger partial charge < -0.3 is 31.1 Å². The van der Waals surface area contributed by atoms with E-state index in [1.54, 1.807) is 14.1 Å². The average molecular weight is 342 g/mol. The maximum absolute atomic E-state index is 12.2. The Balaban J connectivity index is 2.76. The summed E-state index contributed by atoms with van der Waals surface area (Å²) in [5.74, 6) is 0. The molecule has 6 amide bonds. The Hall–Kier alpha value is -2.19. The first kappa shape index (κ1) is 19.9. The van der Waals surface area contributed by atoms with Crippen molar-refractivity contribution in [1.82, 2.24) is 31.1 Å². The summed E-state index contributed by atoms with van der Waals surface area (Å²) in [6.45, 7) is 7.72. The van der Waals surface area contributed by atoms with Gasteiger partial charge in [-0.05, 0) is 26.7 Å². The quantitative estimate of drug-likeness (QED) is 0.574. The molecule has 1 aliphatic rings. The number of amides is 6. The van der Waals surface area contributed by atoms with E-state index in [2.05, 4.69) is 21.3 Å². The SMILES string of the molecule is CC[C@H](C)NC(=O)N[C@@H]1[C@H](NC(=O)N[C@@H](C)CC)N(C)C(=O)N1C. The smallest absolute Gasteiger partial charge is 0.323 e. The van der Waals surface area contributed by atoms with Gasteiger partial charge >= 0.3 is 18.1 Å². The van der Waals surface area contributed by atoms with Crippen LogP contribution in [0.5, 0.6) is 0 Å². The molecule has 0 unspecified atom stereocenters. The molecule has 0 saturated carbocycles. The molecule has 0 spiro atoms. The standard InChI is InChI=1S/C15H30N6O3/c1-7-9(3)16-13(22)18-11-12(21(6)15(24)20(11)5)19-14(23)17-10(4)8-2/h9-12H,7-8H2,1-6H3,(H2,16,18,22)(H2,17,19,23)/t9-,10-,11-,12+/m0/s1. The van der Waals surface area contributed by atoms with Crippen molar-refractivity contribution in [3.63, 3.8) is 0 Å². The molecule has 0 aromatic carbocycles. The number of rotatable bonds is 6. The van der Waals surface area contributed by atoms with Crippen LogP contribution in [0.4, 0.5) is 14.4 Å². The van der Waals surface area contributed by atoms with Crippen molar-refractivity contribution < 1.29 is 14.4 Å². The van der Waals surface area contributed by atoms with Crippen molar-refractivity contribution in [3.05, 3.63) is 0 Å². The van der Waals surface area contributed by atoms with Crippen molar-refractivity contribution in [1.29, 1.82) is 0 Å². The van der Waals surface area contributed by atoms with E-state index in [0.29, 0.717) is 0 Å². The van der Waals surface area contributed by atoms with Gasteiger partial charge in [-0.15, -0.1) is 0 Å². The first-order chi connectivity index (χ1) is 11.2. The second-order valence-electron chi connectivity index (χ2n) is 6.25. The lowest BCUT2D eigenvalue weighted by Crippen LogP contribution is -2.60. The van der Waals surface area contributed by atoms with Crippen molar-refractivity contribution in [3.8, 4) is 0 Å². The number of carbonyl (C=O) groups is 3. The molecule has 1 rings (SSSR count). The normalized spacial score (nSPS) is 22.8. The fourth-order valence-electron chi connectivity index (χ4n) is 2.27. The molecule has 1 heterocycles. The molecule has 0 bridgehead atoms. The van der Waals surface area contributed by atoms with Gasteiger partial charge in [0.05, 0.1) is 0 Å². The summed E-state index contributed by atoms with van der Waals surface area (Å²) in [6, 6.07) is -0.995. The molecule has 138 valence electrons. The van der Waals surface area contributed by atoms with Crippen molar-refractivity contribution >= 4 is 18.1 Å². The Kier molecular flexibility index (Phi) is 7.12. The molecule has 24 heavy (non-hydrogen) atoms. The van der Waals surface area contributed by atoms with E-state index in [1.807, 2.05) is 27.7 Å². The predicted octanol–water partition coefficient (Wildman–Crippen LogP) is 0.831. The van der Waals surface area contributed by atoms with Crippen LogP contribution in [0.15, 0.2) is 0 Å². The molecule has 0 aromatic heterocycles. The highest BCUT2D eigenvalue weighted by molar-refractivity contribution is 5.82.